The van der Waals surface area contributed by atoms with E-state index in [2.05, 4.69) is 5.32 Å². The number of fused-ring (bicyclic) bond motifs is 3. The van der Waals surface area contributed by atoms with Crippen LogP contribution >= 0.6 is 0 Å². The summed E-state index contributed by atoms with van der Waals surface area (Å²) < 4.78 is 34.0. The molecule has 6 rings (SSSR count). The number of hydrogen-bond donors (Lipinski definition) is 4. The van der Waals surface area contributed by atoms with E-state index < -0.39 is 17.7 Å². The van der Waals surface area contributed by atoms with Crippen LogP contribution in [0.5, 0.6) is 34.5 Å². The predicted molar refractivity (Wildman–Crippen MR) is 156 cm³/mol. The first-order valence-electron chi connectivity index (χ1n) is 14.4. The second-order valence-electron chi connectivity index (χ2n) is 10.9. The number of carbonyl (C=O) groups excluding carboxylic acids is 2. The number of amides is 1. The lowest BCUT2D eigenvalue weighted by Crippen LogP contribution is -2.37. The van der Waals surface area contributed by atoms with Crippen molar-refractivity contribution in [1.29, 1.82) is 0 Å². The zero-order valence-corrected chi connectivity index (χ0v) is 24.3. The number of ether oxygens (including phenoxy) is 6. The highest BCUT2D eigenvalue weighted by Crippen LogP contribution is 2.56. The molecule has 3 aromatic rings. The molecule has 0 saturated carbocycles. The number of phenolic OH excluding ortho intramolecular Hbond substituents is 1. The average Bonchev–Trinajstić information content (AvgIpc) is 3.66. The Kier molecular flexibility index (Phi) is 8.25. The summed E-state index contributed by atoms with van der Waals surface area (Å²) in [5.74, 6) is 0.234. The van der Waals surface area contributed by atoms with Gasteiger partial charge in [-0.25, -0.2) is 5.48 Å². The largest absolute Gasteiger partial charge is 0.502 e. The first-order valence-corrected chi connectivity index (χ1v) is 14.4. The quantitative estimate of drug-likeness (QED) is 0.107. The molecule has 0 radical (unpaired) electrons. The van der Waals surface area contributed by atoms with Crippen molar-refractivity contribution >= 4 is 17.6 Å². The second-order valence-corrected chi connectivity index (χ2v) is 10.9. The van der Waals surface area contributed by atoms with Crippen LogP contribution in [0.2, 0.25) is 0 Å². The Morgan fingerprint density at radius 1 is 0.977 bits per heavy atom. The maximum atomic E-state index is 13.4. The number of cyclic esters (lactones) is 1. The van der Waals surface area contributed by atoms with Crippen molar-refractivity contribution in [2.75, 3.05) is 39.5 Å². The first kappa shape index (κ1) is 29.2. The summed E-state index contributed by atoms with van der Waals surface area (Å²) in [5.41, 5.74) is 4.94. The number of hydroxylamine groups is 1. The molecule has 0 spiro atoms. The molecule has 2 aliphatic heterocycles. The molecule has 0 unspecified atom stereocenters. The Labute approximate surface area is 253 Å². The van der Waals surface area contributed by atoms with Crippen molar-refractivity contribution in [2.24, 2.45) is 11.8 Å². The summed E-state index contributed by atoms with van der Waals surface area (Å²) in [6, 6.07) is 14.6. The van der Waals surface area contributed by atoms with Gasteiger partial charge in [-0.15, -0.1) is 0 Å². The predicted octanol–water partition coefficient (Wildman–Crippen LogP) is 4.28. The number of nitrogens with one attached hydrogen (secondary N) is 2. The highest BCUT2D eigenvalue weighted by atomic mass is 16.7. The van der Waals surface area contributed by atoms with Gasteiger partial charge in [-0.2, -0.15) is 0 Å². The molecule has 3 aromatic carbocycles. The molecule has 12 heteroatoms. The van der Waals surface area contributed by atoms with Gasteiger partial charge >= 0.3 is 5.97 Å². The maximum Gasteiger partial charge on any atom is 0.310 e. The van der Waals surface area contributed by atoms with E-state index in [-0.39, 0.29) is 55.0 Å². The number of rotatable bonds is 11. The number of hydrogen-bond acceptors (Lipinski definition) is 11. The topological polar surface area (TPSA) is 154 Å². The molecule has 44 heavy (non-hydrogen) atoms. The van der Waals surface area contributed by atoms with Gasteiger partial charge < -0.3 is 38.8 Å². The van der Waals surface area contributed by atoms with E-state index in [1.54, 1.807) is 17.6 Å². The van der Waals surface area contributed by atoms with Gasteiger partial charge in [-0.05, 0) is 65.9 Å². The highest BCUT2D eigenvalue weighted by molar-refractivity contribution is 5.79. The van der Waals surface area contributed by atoms with Crippen LogP contribution in [-0.2, 0) is 14.3 Å². The number of carbonyl (C=O) groups is 2. The fourth-order valence-corrected chi connectivity index (χ4v) is 6.33. The van der Waals surface area contributed by atoms with Crippen LogP contribution in [-0.4, -0.2) is 56.4 Å². The Bertz CT molecular complexity index is 1530. The number of phenols is 1. The van der Waals surface area contributed by atoms with E-state index in [9.17, 15) is 14.7 Å². The molecule has 0 bridgehead atoms. The van der Waals surface area contributed by atoms with Gasteiger partial charge in [0.1, 0.15) is 5.75 Å². The molecule has 232 valence electrons. The number of methoxy groups -OCH3 is 2. The molecule has 1 amide bonds. The summed E-state index contributed by atoms with van der Waals surface area (Å²) in [6.45, 7) is 0.725. The standard InChI is InChI=1S/C32H34N2O10/c1-39-25-10-17(11-26(40-2)31(25)36)28-20-13-23-24(44-16-43-23)14-21(20)30(22-15-42-32(37)29(22)28)33-18-6-5-7-19(12-18)41-9-4-3-8-27(35)34-38/h5-7,10-14,22,28-30,33,36,38H,3-4,8-9,15-16H2,1-2H3,(H,34,35)/t22-,28-,29-,30-/m1/s1. The van der Waals surface area contributed by atoms with E-state index in [0.717, 1.165) is 22.4 Å². The van der Waals surface area contributed by atoms with E-state index in [1.807, 2.05) is 36.4 Å². The highest BCUT2D eigenvalue weighted by Gasteiger charge is 2.52. The van der Waals surface area contributed by atoms with Gasteiger partial charge in [0.2, 0.25) is 18.4 Å². The van der Waals surface area contributed by atoms with Crippen molar-refractivity contribution in [1.82, 2.24) is 5.48 Å². The first-order chi connectivity index (χ1) is 21.4. The normalized spacial score (nSPS) is 21.1. The van der Waals surface area contributed by atoms with Crippen LogP contribution in [0.15, 0.2) is 48.5 Å². The summed E-state index contributed by atoms with van der Waals surface area (Å²) in [5, 5.41) is 22.9. The van der Waals surface area contributed by atoms with Crippen molar-refractivity contribution in [2.45, 2.75) is 31.2 Å². The molecule has 1 saturated heterocycles. The van der Waals surface area contributed by atoms with Crippen molar-refractivity contribution in [3.8, 4) is 34.5 Å². The van der Waals surface area contributed by atoms with Crippen LogP contribution in [0.3, 0.4) is 0 Å². The Balaban J connectivity index is 1.34. The van der Waals surface area contributed by atoms with Crippen molar-refractivity contribution in [3.05, 3.63) is 65.2 Å². The van der Waals surface area contributed by atoms with Crippen LogP contribution in [0, 0.1) is 11.8 Å². The molecule has 4 atom stereocenters. The zero-order chi connectivity index (χ0) is 30.8. The third kappa shape index (κ3) is 5.48. The third-order valence-corrected chi connectivity index (χ3v) is 8.40. The van der Waals surface area contributed by atoms with E-state index in [4.69, 9.17) is 33.6 Å². The SMILES string of the molecule is COc1cc([C@@H]2c3cc4c(cc3[C@@H](Nc3cccc(OCCCCC(=O)NO)c3)[C@@H]3COC(=O)[C@@H]23)OCO4)cc(OC)c1O. The summed E-state index contributed by atoms with van der Waals surface area (Å²) >= 11 is 0. The molecule has 1 aliphatic carbocycles. The molecule has 4 N–H and O–H groups in total. The summed E-state index contributed by atoms with van der Waals surface area (Å²) in [6.07, 6.45) is 1.44. The van der Waals surface area contributed by atoms with Gasteiger partial charge in [-0.3, -0.25) is 14.8 Å². The van der Waals surface area contributed by atoms with E-state index in [1.165, 1.54) is 14.2 Å². The average molecular weight is 607 g/mol. The lowest BCUT2D eigenvalue weighted by molar-refractivity contribution is -0.141. The van der Waals surface area contributed by atoms with Crippen LogP contribution < -0.4 is 34.5 Å². The van der Waals surface area contributed by atoms with Crippen LogP contribution in [0.4, 0.5) is 5.69 Å². The summed E-state index contributed by atoms with van der Waals surface area (Å²) in [7, 11) is 2.93. The number of benzene rings is 3. The number of anilines is 1. The van der Waals surface area contributed by atoms with E-state index >= 15 is 0 Å². The van der Waals surface area contributed by atoms with Gasteiger partial charge in [0.05, 0.1) is 39.4 Å². The Hall–Kier alpha value is -4.84. The minimum absolute atomic E-state index is 0.0980. The molecular formula is C32H34N2O10. The summed E-state index contributed by atoms with van der Waals surface area (Å²) in [4.78, 5) is 24.6. The zero-order valence-electron chi connectivity index (χ0n) is 24.3. The van der Waals surface area contributed by atoms with Gasteiger partial charge in [0, 0.05) is 30.0 Å². The number of aromatic hydroxyl groups is 1. The molecule has 12 nitrogen and oxygen atoms in total. The minimum atomic E-state index is -0.546. The van der Waals surface area contributed by atoms with E-state index in [0.29, 0.717) is 36.7 Å². The van der Waals surface area contributed by atoms with Crippen LogP contribution in [0.1, 0.15) is 47.9 Å². The Morgan fingerprint density at radius 3 is 2.41 bits per heavy atom. The van der Waals surface area contributed by atoms with Crippen molar-refractivity contribution < 1.29 is 48.3 Å². The molecular weight excluding hydrogens is 572 g/mol. The Morgan fingerprint density at radius 2 is 1.70 bits per heavy atom. The number of unbranched alkanes of at least 4 members (excludes halogenated alkanes) is 1. The lowest BCUT2D eigenvalue weighted by atomic mass is 9.65. The maximum absolute atomic E-state index is 13.4. The van der Waals surface area contributed by atoms with Gasteiger partial charge in [-0.1, -0.05) is 6.07 Å². The van der Waals surface area contributed by atoms with Gasteiger partial charge in [0.25, 0.3) is 0 Å². The van der Waals surface area contributed by atoms with Crippen LogP contribution in [0.25, 0.3) is 0 Å². The minimum Gasteiger partial charge on any atom is -0.502 e. The number of esters is 1. The monoisotopic (exact) mass is 606 g/mol. The van der Waals surface area contributed by atoms with Gasteiger partial charge in [0.15, 0.2) is 23.0 Å². The third-order valence-electron chi connectivity index (χ3n) is 8.40. The smallest absolute Gasteiger partial charge is 0.310 e. The molecule has 3 aliphatic rings. The fourth-order valence-electron chi connectivity index (χ4n) is 6.33. The molecule has 2 heterocycles. The molecule has 0 aromatic heterocycles. The lowest BCUT2D eigenvalue weighted by Gasteiger charge is -2.40. The van der Waals surface area contributed by atoms with Crippen molar-refractivity contribution in [3.63, 3.8) is 0 Å². The molecule has 1 fully saturated rings. The second kappa shape index (κ2) is 12.4. The fraction of sp³-hybridized carbons (Fsp3) is 0.375.